The Balaban J connectivity index is 2.13. The summed E-state index contributed by atoms with van der Waals surface area (Å²) in [6.45, 7) is 2.02. The van der Waals surface area contributed by atoms with Gasteiger partial charge in [-0.05, 0) is 62.9 Å². The van der Waals surface area contributed by atoms with Crippen LogP contribution in [0.4, 0.5) is 10.1 Å². The summed E-state index contributed by atoms with van der Waals surface area (Å²) in [6, 6.07) is 10.8. The van der Waals surface area contributed by atoms with Crippen molar-refractivity contribution in [2.45, 2.75) is 19.4 Å². The van der Waals surface area contributed by atoms with E-state index in [2.05, 4.69) is 37.2 Å². The SMILES string of the molecule is COc1cc(NC(C)Cc2ccccc2F)c(Br)cc1Br. The minimum Gasteiger partial charge on any atom is -0.495 e. The van der Waals surface area contributed by atoms with Gasteiger partial charge in [0.1, 0.15) is 11.6 Å². The molecule has 1 atom stereocenters. The highest BCUT2D eigenvalue weighted by atomic mass is 79.9. The lowest BCUT2D eigenvalue weighted by atomic mass is 10.1. The Kier molecular flexibility index (Phi) is 5.65. The molecule has 1 N–H and O–H groups in total. The van der Waals surface area contributed by atoms with Gasteiger partial charge in [-0.25, -0.2) is 4.39 Å². The monoisotopic (exact) mass is 415 g/mol. The van der Waals surface area contributed by atoms with Crippen LogP contribution in [0.25, 0.3) is 0 Å². The van der Waals surface area contributed by atoms with Crippen molar-refractivity contribution >= 4 is 37.5 Å². The molecule has 0 aliphatic rings. The number of anilines is 1. The Morgan fingerprint density at radius 3 is 2.57 bits per heavy atom. The number of benzene rings is 2. The van der Waals surface area contributed by atoms with E-state index >= 15 is 0 Å². The second-order valence-electron chi connectivity index (χ2n) is 4.81. The molecule has 0 spiro atoms. The third-order valence-corrected chi connectivity index (χ3v) is 4.40. The lowest BCUT2D eigenvalue weighted by Crippen LogP contribution is -2.19. The molecule has 0 aromatic heterocycles. The molecule has 2 aromatic carbocycles. The quantitative estimate of drug-likeness (QED) is 0.704. The van der Waals surface area contributed by atoms with Gasteiger partial charge in [-0.1, -0.05) is 18.2 Å². The molecule has 5 heteroatoms. The van der Waals surface area contributed by atoms with Crippen molar-refractivity contribution in [3.05, 3.63) is 56.7 Å². The lowest BCUT2D eigenvalue weighted by Gasteiger charge is -2.18. The van der Waals surface area contributed by atoms with E-state index in [0.717, 1.165) is 20.4 Å². The first kappa shape index (κ1) is 16.3. The molecule has 0 saturated heterocycles. The topological polar surface area (TPSA) is 21.3 Å². The van der Waals surface area contributed by atoms with E-state index in [1.165, 1.54) is 6.07 Å². The molecule has 0 amide bonds. The van der Waals surface area contributed by atoms with Gasteiger partial charge in [-0.15, -0.1) is 0 Å². The van der Waals surface area contributed by atoms with E-state index < -0.39 is 0 Å². The summed E-state index contributed by atoms with van der Waals surface area (Å²) in [5.41, 5.74) is 1.62. The Bertz CT molecular complexity index is 634. The van der Waals surface area contributed by atoms with Crippen LogP contribution >= 0.6 is 31.9 Å². The van der Waals surface area contributed by atoms with E-state index in [0.29, 0.717) is 12.0 Å². The first-order valence-corrected chi connectivity index (χ1v) is 8.13. The van der Waals surface area contributed by atoms with Gasteiger partial charge in [0, 0.05) is 16.6 Å². The van der Waals surface area contributed by atoms with Crippen molar-refractivity contribution < 1.29 is 9.13 Å². The molecule has 112 valence electrons. The fourth-order valence-electron chi connectivity index (χ4n) is 2.11. The summed E-state index contributed by atoms with van der Waals surface area (Å²) < 4.78 is 20.8. The number of hydrogen-bond acceptors (Lipinski definition) is 2. The first-order chi connectivity index (χ1) is 10.0. The molecule has 0 radical (unpaired) electrons. The third-order valence-electron chi connectivity index (χ3n) is 3.13. The number of hydrogen-bond donors (Lipinski definition) is 1. The van der Waals surface area contributed by atoms with Gasteiger partial charge < -0.3 is 10.1 Å². The second kappa shape index (κ2) is 7.27. The number of ether oxygens (including phenoxy) is 1. The molecular formula is C16H16Br2FNO. The van der Waals surface area contributed by atoms with E-state index in [-0.39, 0.29) is 11.9 Å². The van der Waals surface area contributed by atoms with Gasteiger partial charge >= 0.3 is 0 Å². The van der Waals surface area contributed by atoms with Crippen LogP contribution in [-0.2, 0) is 6.42 Å². The average Bonchev–Trinajstić information content (AvgIpc) is 2.44. The van der Waals surface area contributed by atoms with Crippen LogP contribution in [0.15, 0.2) is 45.3 Å². The largest absolute Gasteiger partial charge is 0.495 e. The second-order valence-corrected chi connectivity index (χ2v) is 6.52. The predicted octanol–water partition coefficient (Wildman–Crippen LogP) is 5.40. The van der Waals surface area contributed by atoms with Crippen molar-refractivity contribution in [3.8, 4) is 5.75 Å². The number of halogens is 3. The van der Waals surface area contributed by atoms with Gasteiger partial charge in [0.15, 0.2) is 0 Å². The van der Waals surface area contributed by atoms with E-state index in [1.54, 1.807) is 13.2 Å². The highest BCUT2D eigenvalue weighted by Crippen LogP contribution is 2.35. The predicted molar refractivity (Wildman–Crippen MR) is 91.6 cm³/mol. The molecule has 2 aromatic rings. The molecule has 1 unspecified atom stereocenters. The zero-order chi connectivity index (χ0) is 15.4. The van der Waals surface area contributed by atoms with Crippen molar-refractivity contribution in [3.63, 3.8) is 0 Å². The van der Waals surface area contributed by atoms with Crippen molar-refractivity contribution in [1.29, 1.82) is 0 Å². The summed E-state index contributed by atoms with van der Waals surface area (Å²) in [7, 11) is 1.63. The van der Waals surface area contributed by atoms with Crippen molar-refractivity contribution in [1.82, 2.24) is 0 Å². The molecule has 0 heterocycles. The zero-order valence-corrected chi connectivity index (χ0v) is 15.0. The summed E-state index contributed by atoms with van der Waals surface area (Å²) in [5, 5.41) is 3.37. The molecule has 0 bridgehead atoms. The fraction of sp³-hybridized carbons (Fsp3) is 0.250. The molecule has 0 saturated carbocycles. The van der Waals surface area contributed by atoms with Crippen molar-refractivity contribution in [2.75, 3.05) is 12.4 Å². The average molecular weight is 417 g/mol. The highest BCUT2D eigenvalue weighted by Gasteiger charge is 2.11. The van der Waals surface area contributed by atoms with Crippen LogP contribution in [0.1, 0.15) is 12.5 Å². The normalized spacial score (nSPS) is 12.0. The van der Waals surface area contributed by atoms with Crippen LogP contribution in [0.5, 0.6) is 5.75 Å². The third kappa shape index (κ3) is 4.20. The standard InChI is InChI=1S/C16H16Br2FNO/c1-10(7-11-5-3-4-6-14(11)19)20-15-9-16(21-2)13(18)8-12(15)17/h3-6,8-10,20H,7H2,1-2H3. The van der Waals surface area contributed by atoms with E-state index in [4.69, 9.17) is 4.74 Å². The summed E-state index contributed by atoms with van der Waals surface area (Å²) >= 11 is 6.96. The van der Waals surface area contributed by atoms with Gasteiger partial charge in [0.25, 0.3) is 0 Å². The zero-order valence-electron chi connectivity index (χ0n) is 11.8. The Morgan fingerprint density at radius 1 is 1.19 bits per heavy atom. The Morgan fingerprint density at radius 2 is 1.90 bits per heavy atom. The van der Waals surface area contributed by atoms with Crippen LogP contribution < -0.4 is 10.1 Å². The molecule has 21 heavy (non-hydrogen) atoms. The van der Waals surface area contributed by atoms with Crippen LogP contribution in [0.3, 0.4) is 0 Å². The van der Waals surface area contributed by atoms with Gasteiger partial charge in [-0.2, -0.15) is 0 Å². The van der Waals surface area contributed by atoms with Crippen LogP contribution in [0.2, 0.25) is 0 Å². The maximum atomic E-state index is 13.7. The maximum absolute atomic E-state index is 13.7. The lowest BCUT2D eigenvalue weighted by molar-refractivity contribution is 0.412. The van der Waals surface area contributed by atoms with Crippen LogP contribution in [-0.4, -0.2) is 13.2 Å². The molecule has 2 rings (SSSR count). The smallest absolute Gasteiger partial charge is 0.135 e. The molecule has 0 aliphatic carbocycles. The summed E-state index contributed by atoms with van der Waals surface area (Å²) in [4.78, 5) is 0. The van der Waals surface area contributed by atoms with E-state index in [1.807, 2.05) is 31.2 Å². The minimum atomic E-state index is -0.168. The number of nitrogens with one attached hydrogen (secondary N) is 1. The molecular weight excluding hydrogens is 401 g/mol. The molecule has 0 aliphatic heterocycles. The Hall–Kier alpha value is -1.07. The molecule has 0 fully saturated rings. The maximum Gasteiger partial charge on any atom is 0.135 e. The van der Waals surface area contributed by atoms with Gasteiger partial charge in [-0.3, -0.25) is 0 Å². The van der Waals surface area contributed by atoms with Gasteiger partial charge in [0.2, 0.25) is 0 Å². The fourth-order valence-corrected chi connectivity index (χ4v) is 3.38. The van der Waals surface area contributed by atoms with Crippen molar-refractivity contribution in [2.24, 2.45) is 0 Å². The first-order valence-electron chi connectivity index (χ1n) is 6.54. The minimum absolute atomic E-state index is 0.0871. The number of rotatable bonds is 5. The van der Waals surface area contributed by atoms with Crippen LogP contribution in [0, 0.1) is 5.82 Å². The van der Waals surface area contributed by atoms with Gasteiger partial charge in [0.05, 0.1) is 17.3 Å². The summed E-state index contributed by atoms with van der Waals surface area (Å²) in [6.07, 6.45) is 0.609. The number of methoxy groups -OCH3 is 1. The summed E-state index contributed by atoms with van der Waals surface area (Å²) in [5.74, 6) is 0.581. The molecule has 2 nitrogen and oxygen atoms in total. The van der Waals surface area contributed by atoms with E-state index in [9.17, 15) is 4.39 Å². The Labute approximate surface area is 141 Å². The highest BCUT2D eigenvalue weighted by molar-refractivity contribution is 9.11.